The summed E-state index contributed by atoms with van der Waals surface area (Å²) in [6.45, 7) is 0.541. The van der Waals surface area contributed by atoms with Crippen LogP contribution in [0, 0.1) is 9.39 Å². The smallest absolute Gasteiger partial charge is 0.280 e. The first kappa shape index (κ1) is 20.9. The highest BCUT2D eigenvalue weighted by Gasteiger charge is 2.28. The highest BCUT2D eigenvalue weighted by atomic mass is 127. The fourth-order valence-corrected chi connectivity index (χ4v) is 5.82. The van der Waals surface area contributed by atoms with Gasteiger partial charge in [0.2, 0.25) is 5.43 Å². The molecule has 1 aromatic heterocycles. The molecule has 32 heavy (non-hydrogen) atoms. The van der Waals surface area contributed by atoms with Gasteiger partial charge in [0, 0.05) is 10.1 Å². The van der Waals surface area contributed by atoms with Crippen molar-refractivity contribution in [3.05, 3.63) is 88.6 Å². The summed E-state index contributed by atoms with van der Waals surface area (Å²) in [5.41, 5.74) is -0.249. The second kappa shape index (κ2) is 7.59. The molecule has 0 bridgehead atoms. The SMILES string of the molecule is O=c1c(=C2Nc3ccc(I)cc3S(=O)(=O)N2)c(=O)n(Cc2ccc(F)cc2)n2c1=CCC2. The molecule has 0 saturated heterocycles. The molecule has 3 heterocycles. The van der Waals surface area contributed by atoms with Crippen LogP contribution in [0.15, 0.2) is 56.9 Å². The van der Waals surface area contributed by atoms with Gasteiger partial charge in [-0.2, -0.15) is 0 Å². The van der Waals surface area contributed by atoms with E-state index in [1.165, 1.54) is 22.9 Å². The van der Waals surface area contributed by atoms with E-state index >= 15 is 0 Å². The van der Waals surface area contributed by atoms with E-state index < -0.39 is 26.8 Å². The molecule has 2 aliphatic heterocycles. The van der Waals surface area contributed by atoms with Crippen LogP contribution in [0.3, 0.4) is 0 Å². The molecule has 164 valence electrons. The highest BCUT2D eigenvalue weighted by Crippen LogP contribution is 2.28. The van der Waals surface area contributed by atoms with Crippen molar-refractivity contribution in [2.24, 2.45) is 0 Å². The molecule has 11 heteroatoms. The first-order valence-corrected chi connectivity index (χ1v) is 12.2. The molecule has 8 nitrogen and oxygen atoms in total. The molecule has 0 fully saturated rings. The second-order valence-electron chi connectivity index (χ2n) is 7.44. The predicted molar refractivity (Wildman–Crippen MR) is 125 cm³/mol. The van der Waals surface area contributed by atoms with E-state index in [0.29, 0.717) is 23.9 Å². The van der Waals surface area contributed by atoms with Crippen LogP contribution >= 0.6 is 22.6 Å². The van der Waals surface area contributed by atoms with E-state index in [0.717, 1.165) is 3.57 Å². The molecule has 0 unspecified atom stereocenters. The average molecular weight is 566 g/mol. The van der Waals surface area contributed by atoms with Crippen molar-refractivity contribution in [1.29, 1.82) is 0 Å². The second-order valence-corrected chi connectivity index (χ2v) is 10.3. The van der Waals surface area contributed by atoms with Gasteiger partial charge in [0.05, 0.1) is 12.2 Å². The number of halogens is 2. The highest BCUT2D eigenvalue weighted by molar-refractivity contribution is 14.1. The number of hydrogen-bond acceptors (Lipinski definition) is 5. The summed E-state index contributed by atoms with van der Waals surface area (Å²) in [5.74, 6) is -0.571. The Kier molecular flexibility index (Phi) is 4.97. The van der Waals surface area contributed by atoms with Crippen LogP contribution in [0.2, 0.25) is 0 Å². The van der Waals surface area contributed by atoms with Crippen molar-refractivity contribution in [2.75, 3.05) is 5.32 Å². The first-order chi connectivity index (χ1) is 15.2. The lowest BCUT2D eigenvalue weighted by molar-refractivity contribution is 0.454. The topological polar surface area (TPSA) is 102 Å². The molecule has 0 spiro atoms. The molecule has 0 amide bonds. The van der Waals surface area contributed by atoms with Crippen LogP contribution in [-0.2, 0) is 23.1 Å². The monoisotopic (exact) mass is 566 g/mol. The zero-order valence-corrected chi connectivity index (χ0v) is 19.4. The van der Waals surface area contributed by atoms with Gasteiger partial charge in [-0.1, -0.05) is 18.2 Å². The third kappa shape index (κ3) is 3.45. The van der Waals surface area contributed by atoms with Gasteiger partial charge in [-0.05, 0) is 64.9 Å². The van der Waals surface area contributed by atoms with E-state index in [1.54, 1.807) is 35.0 Å². The number of rotatable bonds is 2. The normalized spacial score (nSPS) is 17.6. The summed E-state index contributed by atoms with van der Waals surface area (Å²) < 4.78 is 45.0. The third-order valence-electron chi connectivity index (χ3n) is 5.38. The molecule has 0 radical (unpaired) electrons. The Bertz CT molecular complexity index is 1630. The maximum atomic E-state index is 13.5. The molecule has 0 aliphatic carbocycles. The van der Waals surface area contributed by atoms with Gasteiger partial charge in [0.25, 0.3) is 15.6 Å². The summed E-state index contributed by atoms with van der Waals surface area (Å²) in [6, 6.07) is 10.5. The summed E-state index contributed by atoms with van der Waals surface area (Å²) in [6.07, 6.45) is 2.29. The Morgan fingerprint density at radius 1 is 1.09 bits per heavy atom. The van der Waals surface area contributed by atoms with Crippen LogP contribution in [0.4, 0.5) is 10.1 Å². The predicted octanol–water partition coefficient (Wildman–Crippen LogP) is 0.456. The van der Waals surface area contributed by atoms with Gasteiger partial charge in [-0.25, -0.2) is 17.5 Å². The quantitative estimate of drug-likeness (QED) is 0.439. The maximum absolute atomic E-state index is 13.5. The number of nitrogens with zero attached hydrogens (tertiary/aromatic N) is 2. The van der Waals surface area contributed by atoms with Crippen molar-refractivity contribution in [3.8, 4) is 0 Å². The summed E-state index contributed by atoms with van der Waals surface area (Å²) in [7, 11) is -3.99. The number of aromatic nitrogens is 2. The molecule has 2 N–H and O–H groups in total. The number of hydrogen-bond donors (Lipinski definition) is 2. The van der Waals surface area contributed by atoms with E-state index in [9.17, 15) is 22.4 Å². The van der Waals surface area contributed by atoms with Crippen LogP contribution in [0.1, 0.15) is 12.0 Å². The minimum absolute atomic E-state index is 0.0364. The lowest BCUT2D eigenvalue weighted by Crippen LogP contribution is -2.60. The van der Waals surface area contributed by atoms with E-state index in [4.69, 9.17) is 0 Å². The molecule has 3 aromatic rings. The van der Waals surface area contributed by atoms with Gasteiger partial charge in [-0.3, -0.25) is 19.0 Å². The van der Waals surface area contributed by atoms with Crippen molar-refractivity contribution in [1.82, 2.24) is 14.1 Å². The Morgan fingerprint density at radius 2 is 1.84 bits per heavy atom. The van der Waals surface area contributed by atoms with Crippen molar-refractivity contribution in [3.63, 3.8) is 0 Å². The molecular weight excluding hydrogens is 550 g/mol. The Morgan fingerprint density at radius 3 is 2.59 bits per heavy atom. The van der Waals surface area contributed by atoms with Crippen molar-refractivity contribution < 1.29 is 12.8 Å². The fraction of sp³-hybridized carbons (Fsp3) is 0.143. The van der Waals surface area contributed by atoms with Gasteiger partial charge in [0.15, 0.2) is 0 Å². The first-order valence-electron chi connectivity index (χ1n) is 9.67. The number of sulfonamides is 1. The van der Waals surface area contributed by atoms with Crippen LogP contribution in [0.5, 0.6) is 0 Å². The Hall–Kier alpha value is -2.93. The van der Waals surface area contributed by atoms with Crippen molar-refractivity contribution in [2.45, 2.75) is 24.4 Å². The van der Waals surface area contributed by atoms with Crippen molar-refractivity contribution >= 4 is 50.2 Å². The van der Waals surface area contributed by atoms with E-state index in [1.807, 2.05) is 22.6 Å². The van der Waals surface area contributed by atoms with Gasteiger partial charge in [-0.15, -0.1) is 0 Å². The van der Waals surface area contributed by atoms with Crippen LogP contribution < -0.4 is 31.6 Å². The zero-order valence-electron chi connectivity index (χ0n) is 16.4. The number of anilines is 1. The lowest BCUT2D eigenvalue weighted by atomic mass is 10.2. The maximum Gasteiger partial charge on any atom is 0.280 e. The van der Waals surface area contributed by atoms with Crippen LogP contribution in [0.25, 0.3) is 11.9 Å². The molecule has 0 atom stereocenters. The minimum Gasteiger partial charge on any atom is -0.339 e. The summed E-state index contributed by atoms with van der Waals surface area (Å²) >= 11 is 2.01. The minimum atomic E-state index is -3.99. The molecule has 5 rings (SSSR count). The standard InChI is InChI=1S/C21H16FIN4O4S/c22-13-5-3-12(4-6-13)11-27-21(29)18(19(28)16-2-1-9-26(16)27)20-24-15-8-7-14(23)10-17(15)32(30,31)25-20/h2-8,10,24-25H,1,9,11H2. The number of nitrogens with one attached hydrogen (secondary N) is 2. The molecule has 2 aliphatic rings. The van der Waals surface area contributed by atoms with Crippen LogP contribution in [-0.4, -0.2) is 17.8 Å². The van der Waals surface area contributed by atoms with Gasteiger partial charge >= 0.3 is 0 Å². The summed E-state index contributed by atoms with van der Waals surface area (Å²) in [4.78, 5) is 26.7. The van der Waals surface area contributed by atoms with Gasteiger partial charge in [0.1, 0.15) is 27.1 Å². The van der Waals surface area contributed by atoms with E-state index in [-0.39, 0.29) is 28.2 Å². The molecule has 2 aromatic carbocycles. The lowest BCUT2D eigenvalue weighted by Gasteiger charge is -2.23. The van der Waals surface area contributed by atoms with E-state index in [2.05, 4.69) is 10.0 Å². The zero-order chi connectivity index (χ0) is 22.6. The Balaban J connectivity index is 1.78. The number of fused-ring (bicyclic) bond motifs is 2. The van der Waals surface area contributed by atoms with Gasteiger partial charge < -0.3 is 5.32 Å². The molecular formula is C21H16FIN4O4S. The average Bonchev–Trinajstić information content (AvgIpc) is 3.23. The summed E-state index contributed by atoms with van der Waals surface area (Å²) in [5, 5.41) is 2.93. The fourth-order valence-electron chi connectivity index (χ4n) is 3.90. The number of benzene rings is 2. The largest absolute Gasteiger partial charge is 0.339 e. The third-order valence-corrected chi connectivity index (χ3v) is 7.44. The Labute approximate surface area is 194 Å². The molecule has 0 saturated carbocycles.